The van der Waals surface area contributed by atoms with Gasteiger partial charge in [0.2, 0.25) is 5.91 Å². The number of amides is 1. The summed E-state index contributed by atoms with van der Waals surface area (Å²) >= 11 is 1.72. The van der Waals surface area contributed by atoms with Crippen LogP contribution >= 0.6 is 11.8 Å². The number of nitrogens with zero attached hydrogens (tertiary/aromatic N) is 5. The lowest BCUT2D eigenvalue weighted by Crippen LogP contribution is -2.47. The number of carbonyl (C=O) groups excluding carboxylic acids is 1. The molecule has 3 rings (SSSR count). The zero-order valence-corrected chi connectivity index (χ0v) is 15.4. The van der Waals surface area contributed by atoms with Gasteiger partial charge in [-0.25, -0.2) is 0 Å². The van der Waals surface area contributed by atoms with Crippen molar-refractivity contribution in [1.29, 1.82) is 0 Å². The molecule has 2 aliphatic heterocycles. The van der Waals surface area contributed by atoms with E-state index in [4.69, 9.17) is 4.74 Å². The van der Waals surface area contributed by atoms with E-state index < -0.39 is 0 Å². The second-order valence-corrected chi connectivity index (χ2v) is 7.63. The van der Waals surface area contributed by atoms with Crippen LogP contribution in [0.15, 0.2) is 5.16 Å². The molecule has 134 valence electrons. The number of rotatable bonds is 5. The van der Waals surface area contributed by atoms with E-state index in [0.29, 0.717) is 25.7 Å². The Morgan fingerprint density at radius 1 is 1.29 bits per heavy atom. The summed E-state index contributed by atoms with van der Waals surface area (Å²) in [7, 11) is 2.05. The van der Waals surface area contributed by atoms with Crippen LogP contribution in [0.25, 0.3) is 0 Å². The van der Waals surface area contributed by atoms with Crippen molar-refractivity contribution < 1.29 is 9.53 Å². The quantitative estimate of drug-likeness (QED) is 0.735. The Kier molecular flexibility index (Phi) is 6.13. The second kappa shape index (κ2) is 8.31. The van der Waals surface area contributed by atoms with Crippen molar-refractivity contribution in [3.63, 3.8) is 0 Å². The van der Waals surface area contributed by atoms with Gasteiger partial charge in [0, 0.05) is 32.6 Å². The minimum absolute atomic E-state index is 0.221. The molecule has 1 aromatic rings. The van der Waals surface area contributed by atoms with E-state index in [1.165, 1.54) is 0 Å². The Morgan fingerprint density at radius 3 is 2.83 bits per heavy atom. The van der Waals surface area contributed by atoms with Crippen molar-refractivity contribution in [2.45, 2.75) is 30.8 Å². The average Bonchev–Trinajstić information content (AvgIpc) is 2.97. The molecule has 2 saturated heterocycles. The molecule has 7 nitrogen and oxygen atoms in total. The Morgan fingerprint density at radius 2 is 2.08 bits per heavy atom. The molecule has 0 spiro atoms. The first kappa shape index (κ1) is 17.7. The number of hydrogen-bond acceptors (Lipinski definition) is 6. The predicted octanol–water partition coefficient (Wildman–Crippen LogP) is 0.965. The van der Waals surface area contributed by atoms with Crippen molar-refractivity contribution >= 4 is 17.7 Å². The van der Waals surface area contributed by atoms with E-state index in [1.54, 1.807) is 11.8 Å². The van der Waals surface area contributed by atoms with Crippen LogP contribution in [-0.2, 0) is 16.6 Å². The van der Waals surface area contributed by atoms with Crippen molar-refractivity contribution in [3.05, 3.63) is 5.82 Å². The van der Waals surface area contributed by atoms with E-state index >= 15 is 0 Å². The van der Waals surface area contributed by atoms with Crippen LogP contribution in [-0.4, -0.2) is 82.2 Å². The minimum atomic E-state index is 0.221. The van der Waals surface area contributed by atoms with Crippen molar-refractivity contribution in [1.82, 2.24) is 24.6 Å². The summed E-state index contributed by atoms with van der Waals surface area (Å²) in [6.45, 7) is 7.26. The van der Waals surface area contributed by atoms with Crippen LogP contribution in [0.3, 0.4) is 0 Å². The highest BCUT2D eigenvalue weighted by Crippen LogP contribution is 2.27. The van der Waals surface area contributed by atoms with E-state index in [0.717, 1.165) is 55.8 Å². The van der Waals surface area contributed by atoms with Gasteiger partial charge >= 0.3 is 0 Å². The molecule has 1 atom stereocenters. The smallest absolute Gasteiger partial charge is 0.236 e. The molecule has 0 radical (unpaired) electrons. The molecule has 0 N–H and O–H groups in total. The Hall–Kier alpha value is -1.12. The summed E-state index contributed by atoms with van der Waals surface area (Å²) in [5, 5.41) is 9.70. The average molecular weight is 353 g/mol. The van der Waals surface area contributed by atoms with Crippen LogP contribution < -0.4 is 0 Å². The Bertz CT molecular complexity index is 559. The van der Waals surface area contributed by atoms with Crippen LogP contribution in [0.4, 0.5) is 0 Å². The van der Waals surface area contributed by atoms with E-state index in [2.05, 4.69) is 26.6 Å². The fourth-order valence-electron chi connectivity index (χ4n) is 3.45. The summed E-state index contributed by atoms with van der Waals surface area (Å²) in [6.07, 6.45) is 2.22. The second-order valence-electron chi connectivity index (χ2n) is 6.40. The fourth-order valence-corrected chi connectivity index (χ4v) is 4.09. The highest BCUT2D eigenvalue weighted by Gasteiger charge is 2.28. The third kappa shape index (κ3) is 4.10. The van der Waals surface area contributed by atoms with Gasteiger partial charge in [-0.1, -0.05) is 18.7 Å². The highest BCUT2D eigenvalue weighted by atomic mass is 32.2. The summed E-state index contributed by atoms with van der Waals surface area (Å²) in [5.41, 5.74) is 0. The van der Waals surface area contributed by atoms with Gasteiger partial charge in [-0.15, -0.1) is 10.2 Å². The molecule has 24 heavy (non-hydrogen) atoms. The lowest BCUT2D eigenvalue weighted by Gasteiger charge is -2.34. The number of aromatic nitrogens is 3. The summed E-state index contributed by atoms with van der Waals surface area (Å²) in [4.78, 5) is 16.7. The van der Waals surface area contributed by atoms with Crippen LogP contribution in [0.5, 0.6) is 0 Å². The molecule has 0 unspecified atom stereocenters. The van der Waals surface area contributed by atoms with Crippen molar-refractivity contribution in [2.75, 3.05) is 51.7 Å². The fraction of sp³-hybridized carbons (Fsp3) is 0.812. The van der Waals surface area contributed by atoms with Crippen molar-refractivity contribution in [3.8, 4) is 0 Å². The maximum atomic E-state index is 12.5. The molecule has 2 aliphatic rings. The summed E-state index contributed by atoms with van der Waals surface area (Å²) < 4.78 is 7.44. The first-order valence-electron chi connectivity index (χ1n) is 8.79. The monoisotopic (exact) mass is 353 g/mol. The van der Waals surface area contributed by atoms with Gasteiger partial charge in [-0.05, 0) is 25.1 Å². The lowest BCUT2D eigenvalue weighted by molar-refractivity contribution is -0.136. The van der Waals surface area contributed by atoms with Gasteiger partial charge in [-0.2, -0.15) is 0 Å². The number of hydrogen-bond donors (Lipinski definition) is 0. The normalized spacial score (nSPS) is 22.8. The maximum Gasteiger partial charge on any atom is 0.236 e. The molecule has 2 fully saturated rings. The highest BCUT2D eigenvalue weighted by molar-refractivity contribution is 7.99. The summed E-state index contributed by atoms with van der Waals surface area (Å²) in [5.74, 6) is 2.63. The van der Waals surface area contributed by atoms with E-state index in [-0.39, 0.29) is 5.91 Å². The first-order chi connectivity index (χ1) is 11.7. The molecule has 0 aliphatic carbocycles. The number of ether oxygens (including phenoxy) is 1. The third-order valence-corrected chi connectivity index (χ3v) is 5.64. The third-order valence-electron chi connectivity index (χ3n) is 4.74. The standard InChI is InChI=1S/C16H27N5O2S/c1-3-24-16-18-17-15(19(16)2)13-5-4-6-20(11-13)12-14(22)21-7-9-23-10-8-21/h13H,3-12H2,1-2H3/t13-/m1/s1. The molecule has 1 amide bonds. The van der Waals surface area contributed by atoms with Gasteiger partial charge < -0.3 is 14.2 Å². The summed E-state index contributed by atoms with van der Waals surface area (Å²) in [6, 6.07) is 0. The number of morpholine rings is 1. The molecule has 3 heterocycles. The van der Waals surface area contributed by atoms with Crippen LogP contribution in [0, 0.1) is 0 Å². The van der Waals surface area contributed by atoms with E-state index in [1.807, 2.05) is 11.9 Å². The predicted molar refractivity (Wildman–Crippen MR) is 93.2 cm³/mol. The Balaban J connectivity index is 1.59. The number of carbonyl (C=O) groups is 1. The first-order valence-corrected chi connectivity index (χ1v) is 9.77. The molecule has 8 heteroatoms. The largest absolute Gasteiger partial charge is 0.378 e. The lowest BCUT2D eigenvalue weighted by atomic mass is 9.97. The molecule has 0 aromatic carbocycles. The molecule has 0 bridgehead atoms. The van der Waals surface area contributed by atoms with Gasteiger partial charge in [-0.3, -0.25) is 9.69 Å². The minimum Gasteiger partial charge on any atom is -0.378 e. The van der Waals surface area contributed by atoms with Crippen molar-refractivity contribution in [2.24, 2.45) is 7.05 Å². The maximum absolute atomic E-state index is 12.5. The topological polar surface area (TPSA) is 63.5 Å². The zero-order valence-electron chi connectivity index (χ0n) is 14.6. The van der Waals surface area contributed by atoms with E-state index in [9.17, 15) is 4.79 Å². The SMILES string of the molecule is CCSc1nnc([C@@H]2CCCN(CC(=O)N3CCOCC3)C2)n1C. The van der Waals surface area contributed by atoms with Gasteiger partial charge in [0.25, 0.3) is 0 Å². The van der Waals surface area contributed by atoms with Gasteiger partial charge in [0.1, 0.15) is 5.82 Å². The van der Waals surface area contributed by atoms with Crippen LogP contribution in [0.1, 0.15) is 31.5 Å². The zero-order chi connectivity index (χ0) is 16.9. The molecular formula is C16H27N5O2S. The van der Waals surface area contributed by atoms with Gasteiger partial charge in [0.05, 0.1) is 19.8 Å². The molecular weight excluding hydrogens is 326 g/mol. The molecule has 0 saturated carbocycles. The molecule has 1 aromatic heterocycles. The Labute approximate surface area is 147 Å². The number of piperidine rings is 1. The van der Waals surface area contributed by atoms with Gasteiger partial charge in [0.15, 0.2) is 5.16 Å². The number of thioether (sulfide) groups is 1. The number of likely N-dealkylation sites (tertiary alicyclic amines) is 1. The van der Waals surface area contributed by atoms with Crippen LogP contribution in [0.2, 0.25) is 0 Å².